The lowest BCUT2D eigenvalue weighted by atomic mass is 10.2. The van der Waals surface area contributed by atoms with Crippen molar-refractivity contribution in [1.82, 2.24) is 0 Å². The summed E-state index contributed by atoms with van der Waals surface area (Å²) in [5.74, 6) is -0.309. The Morgan fingerprint density at radius 2 is 1.74 bits per heavy atom. The molecule has 0 aromatic heterocycles. The quantitative estimate of drug-likeness (QED) is 0.427. The number of sulfonamides is 1. The molecule has 0 heterocycles. The maximum atomic E-state index is 13.4. The average molecular weight is 513 g/mol. The summed E-state index contributed by atoms with van der Waals surface area (Å²) in [4.78, 5) is 12.6. The van der Waals surface area contributed by atoms with Crippen LogP contribution >= 0.6 is 11.6 Å². The van der Waals surface area contributed by atoms with E-state index in [-0.39, 0.29) is 9.92 Å². The Morgan fingerprint density at radius 3 is 2.38 bits per heavy atom. The van der Waals surface area contributed by atoms with E-state index >= 15 is 0 Å². The van der Waals surface area contributed by atoms with Gasteiger partial charge in [0.05, 0.1) is 27.8 Å². The second kappa shape index (κ2) is 10.4. The Hall–Kier alpha value is -3.24. The number of hydrogen-bond donors (Lipinski definition) is 1. The van der Waals surface area contributed by atoms with Crippen LogP contribution in [0.15, 0.2) is 77.7 Å². The van der Waals surface area contributed by atoms with Gasteiger partial charge < -0.3 is 10.1 Å². The molecule has 0 bridgehead atoms. The summed E-state index contributed by atoms with van der Waals surface area (Å²) < 4.78 is 72.6. The molecule has 6 nitrogen and oxygen atoms in total. The lowest BCUT2D eigenvalue weighted by molar-refractivity contribution is -0.137. The number of rotatable bonds is 8. The minimum absolute atomic E-state index is 0.213. The first-order valence-corrected chi connectivity index (χ1v) is 11.8. The van der Waals surface area contributed by atoms with Gasteiger partial charge in [-0.1, -0.05) is 35.9 Å². The lowest BCUT2D eigenvalue weighted by Gasteiger charge is -2.26. The van der Waals surface area contributed by atoms with Crippen molar-refractivity contribution in [3.63, 3.8) is 0 Å². The van der Waals surface area contributed by atoms with Crippen molar-refractivity contribution >= 4 is 38.9 Å². The van der Waals surface area contributed by atoms with Crippen LogP contribution in [0.3, 0.4) is 0 Å². The molecule has 0 aliphatic carbocycles. The molecule has 0 fully saturated rings. The number of anilines is 2. The number of nitrogens with one attached hydrogen (secondary N) is 1. The standard InChI is InChI=1S/C23H20ClF3N2O4S/c1-2-33-18-8-6-7-17(14-18)28-22(30)15-29(34(31,32)19-9-4-3-5-10-19)21-13-16(23(25,26)27)11-12-20(21)24/h3-14H,2,15H2,1H3,(H,28,30). The molecule has 3 aromatic rings. The maximum absolute atomic E-state index is 13.4. The zero-order chi connectivity index (χ0) is 24.9. The zero-order valence-corrected chi connectivity index (χ0v) is 19.4. The fourth-order valence-corrected chi connectivity index (χ4v) is 4.78. The molecule has 0 aliphatic heterocycles. The summed E-state index contributed by atoms with van der Waals surface area (Å²) in [6.07, 6.45) is -4.75. The molecule has 1 N–H and O–H groups in total. The zero-order valence-electron chi connectivity index (χ0n) is 17.8. The molecule has 1 amide bonds. The van der Waals surface area contributed by atoms with Gasteiger partial charge in [0.1, 0.15) is 12.3 Å². The van der Waals surface area contributed by atoms with Crippen molar-refractivity contribution in [3.05, 3.63) is 83.4 Å². The van der Waals surface area contributed by atoms with Crippen LogP contribution in [0.25, 0.3) is 0 Å². The number of halogens is 4. The number of carbonyl (C=O) groups excluding carboxylic acids is 1. The van der Waals surface area contributed by atoms with E-state index in [1.54, 1.807) is 31.2 Å². The molecule has 0 radical (unpaired) electrons. The van der Waals surface area contributed by atoms with Crippen LogP contribution in [-0.4, -0.2) is 27.5 Å². The third-order valence-electron chi connectivity index (χ3n) is 4.59. The van der Waals surface area contributed by atoms with Gasteiger partial charge in [0.15, 0.2) is 0 Å². The lowest BCUT2D eigenvalue weighted by Crippen LogP contribution is -2.38. The van der Waals surface area contributed by atoms with Gasteiger partial charge >= 0.3 is 6.18 Å². The van der Waals surface area contributed by atoms with E-state index in [1.807, 2.05) is 0 Å². The third-order valence-corrected chi connectivity index (χ3v) is 6.68. The molecule has 0 saturated heterocycles. The van der Waals surface area contributed by atoms with Crippen LogP contribution in [0.5, 0.6) is 5.75 Å². The molecular weight excluding hydrogens is 493 g/mol. The molecule has 0 unspecified atom stereocenters. The van der Waals surface area contributed by atoms with Gasteiger partial charge in [-0.05, 0) is 49.4 Å². The molecule has 0 aliphatic rings. The fraction of sp³-hybridized carbons (Fsp3) is 0.174. The van der Waals surface area contributed by atoms with Crippen molar-refractivity contribution < 1.29 is 31.1 Å². The topological polar surface area (TPSA) is 75.7 Å². The van der Waals surface area contributed by atoms with E-state index in [9.17, 15) is 26.4 Å². The minimum Gasteiger partial charge on any atom is -0.494 e. The van der Waals surface area contributed by atoms with Crippen LogP contribution < -0.4 is 14.4 Å². The van der Waals surface area contributed by atoms with Gasteiger partial charge in [0.25, 0.3) is 10.0 Å². The van der Waals surface area contributed by atoms with Crippen LogP contribution in [-0.2, 0) is 21.0 Å². The number of amides is 1. The van der Waals surface area contributed by atoms with Crippen molar-refractivity contribution in [2.24, 2.45) is 0 Å². The second-order valence-electron chi connectivity index (χ2n) is 7.00. The molecule has 0 atom stereocenters. The van der Waals surface area contributed by atoms with Crippen molar-refractivity contribution in [2.75, 3.05) is 22.8 Å². The summed E-state index contributed by atoms with van der Waals surface area (Å²) in [5, 5.41) is 2.27. The molecule has 3 rings (SSSR count). The largest absolute Gasteiger partial charge is 0.494 e. The Morgan fingerprint density at radius 1 is 1.03 bits per heavy atom. The molecular formula is C23H20ClF3N2O4S. The number of alkyl halides is 3. The molecule has 11 heteroatoms. The molecule has 3 aromatic carbocycles. The first-order valence-electron chi connectivity index (χ1n) is 9.99. The highest BCUT2D eigenvalue weighted by molar-refractivity contribution is 7.92. The predicted molar refractivity (Wildman–Crippen MR) is 124 cm³/mol. The summed E-state index contributed by atoms with van der Waals surface area (Å²) in [6.45, 7) is 1.36. The van der Waals surface area contributed by atoms with Crippen molar-refractivity contribution in [1.29, 1.82) is 0 Å². The van der Waals surface area contributed by atoms with Crippen LogP contribution in [0.4, 0.5) is 24.5 Å². The number of benzene rings is 3. The predicted octanol–water partition coefficient (Wildman–Crippen LogP) is 5.59. The Bertz CT molecular complexity index is 1270. The molecule has 0 spiro atoms. The van der Waals surface area contributed by atoms with Crippen molar-refractivity contribution in [2.45, 2.75) is 18.0 Å². The molecule has 0 saturated carbocycles. The van der Waals surface area contributed by atoms with Crippen LogP contribution in [0, 0.1) is 0 Å². The third kappa shape index (κ3) is 6.00. The van der Waals surface area contributed by atoms with Gasteiger partial charge in [0, 0.05) is 11.8 Å². The van der Waals surface area contributed by atoms with Crippen LogP contribution in [0.2, 0.25) is 5.02 Å². The fourth-order valence-electron chi connectivity index (χ4n) is 3.06. The summed E-state index contributed by atoms with van der Waals surface area (Å²) >= 11 is 6.11. The number of nitrogens with zero attached hydrogens (tertiary/aromatic N) is 1. The minimum atomic E-state index is -4.75. The number of hydrogen-bond acceptors (Lipinski definition) is 4. The first kappa shape index (κ1) is 25.4. The van der Waals surface area contributed by atoms with Gasteiger partial charge in [-0.3, -0.25) is 9.10 Å². The monoisotopic (exact) mass is 512 g/mol. The van der Waals surface area contributed by atoms with E-state index in [4.69, 9.17) is 16.3 Å². The number of ether oxygens (including phenoxy) is 1. The highest BCUT2D eigenvalue weighted by Gasteiger charge is 2.34. The normalized spacial score (nSPS) is 11.7. The smallest absolute Gasteiger partial charge is 0.416 e. The first-order chi connectivity index (χ1) is 16.0. The van der Waals surface area contributed by atoms with Crippen LogP contribution in [0.1, 0.15) is 12.5 Å². The van der Waals surface area contributed by atoms with Gasteiger partial charge in [-0.15, -0.1) is 0 Å². The van der Waals surface area contributed by atoms with E-state index in [2.05, 4.69) is 5.32 Å². The second-order valence-corrected chi connectivity index (χ2v) is 9.27. The Balaban J connectivity index is 2.01. The average Bonchev–Trinajstić information content (AvgIpc) is 2.78. The molecule has 180 valence electrons. The van der Waals surface area contributed by atoms with Crippen molar-refractivity contribution in [3.8, 4) is 5.75 Å². The highest BCUT2D eigenvalue weighted by atomic mass is 35.5. The Kier molecular flexibility index (Phi) is 7.73. The summed E-state index contributed by atoms with van der Waals surface area (Å²) in [5.41, 5.74) is -1.26. The SMILES string of the molecule is CCOc1cccc(NC(=O)CN(c2cc(C(F)(F)F)ccc2Cl)S(=O)(=O)c2ccccc2)c1. The van der Waals surface area contributed by atoms with Gasteiger partial charge in [0.2, 0.25) is 5.91 Å². The van der Waals surface area contributed by atoms with E-state index < -0.39 is 39.9 Å². The summed E-state index contributed by atoms with van der Waals surface area (Å²) in [6, 6.07) is 15.7. The highest BCUT2D eigenvalue weighted by Crippen LogP contribution is 2.37. The van der Waals surface area contributed by atoms with Gasteiger partial charge in [-0.2, -0.15) is 13.2 Å². The maximum Gasteiger partial charge on any atom is 0.416 e. The van der Waals surface area contributed by atoms with Gasteiger partial charge in [-0.25, -0.2) is 8.42 Å². The van der Waals surface area contributed by atoms with E-state index in [1.165, 1.54) is 30.3 Å². The van der Waals surface area contributed by atoms with E-state index in [0.717, 1.165) is 12.1 Å². The molecule has 34 heavy (non-hydrogen) atoms. The Labute approximate surface area is 200 Å². The number of carbonyl (C=O) groups is 1. The van der Waals surface area contributed by atoms with E-state index in [0.29, 0.717) is 28.4 Å². The summed E-state index contributed by atoms with van der Waals surface area (Å²) in [7, 11) is -4.45.